The Kier molecular flexibility index (Phi) is 3.80. The minimum atomic E-state index is -0.740. The van der Waals surface area contributed by atoms with Gasteiger partial charge in [0.2, 0.25) is 0 Å². The zero-order valence-corrected chi connectivity index (χ0v) is 8.76. The fourth-order valence-electron chi connectivity index (χ4n) is 1.13. The highest BCUT2D eigenvalue weighted by molar-refractivity contribution is 5.93. The van der Waals surface area contributed by atoms with Crippen LogP contribution in [0.15, 0.2) is 18.2 Å². The number of esters is 1. The summed E-state index contributed by atoms with van der Waals surface area (Å²) >= 11 is 0. The minimum Gasteiger partial charge on any atom is -0.465 e. The first kappa shape index (κ1) is 12.2. The van der Waals surface area contributed by atoms with Crippen LogP contribution in [0.2, 0.25) is 0 Å². The maximum absolute atomic E-state index is 11.4. The highest BCUT2D eigenvalue weighted by Crippen LogP contribution is 2.18. The SMILES string of the molecule is COC(=O)c1cc([N+](=O)[O-])ccc1C#CC#N. The third-order valence-electron chi connectivity index (χ3n) is 1.87. The van der Waals surface area contributed by atoms with Crippen LogP contribution in [0.4, 0.5) is 5.69 Å². The van der Waals surface area contributed by atoms with Crippen LogP contribution in [0, 0.1) is 33.3 Å². The van der Waals surface area contributed by atoms with Crippen LogP contribution in [0.25, 0.3) is 0 Å². The molecular weight excluding hydrogens is 224 g/mol. The van der Waals surface area contributed by atoms with Crippen LogP contribution >= 0.6 is 0 Å². The molecule has 1 aromatic rings. The molecule has 0 fully saturated rings. The van der Waals surface area contributed by atoms with E-state index in [1.165, 1.54) is 12.1 Å². The first-order valence-electron chi connectivity index (χ1n) is 4.37. The fraction of sp³-hybridized carbons (Fsp3) is 0.0909. The standard InChI is InChI=1S/C11H6N2O4/c1-17-11(14)10-7-9(13(15)16)5-4-8(10)3-2-6-12/h4-5,7H,1H3. The number of nitro groups is 1. The lowest BCUT2D eigenvalue weighted by Crippen LogP contribution is -2.05. The Labute approximate surface area is 96.6 Å². The van der Waals surface area contributed by atoms with Crippen molar-refractivity contribution in [2.45, 2.75) is 0 Å². The first-order chi connectivity index (χ1) is 8.10. The largest absolute Gasteiger partial charge is 0.465 e. The van der Waals surface area contributed by atoms with Gasteiger partial charge in [-0.2, -0.15) is 5.26 Å². The molecule has 1 aromatic carbocycles. The summed E-state index contributed by atoms with van der Waals surface area (Å²) in [6.45, 7) is 0. The molecule has 0 spiro atoms. The smallest absolute Gasteiger partial charge is 0.339 e. The van der Waals surface area contributed by atoms with Crippen molar-refractivity contribution in [3.05, 3.63) is 39.4 Å². The van der Waals surface area contributed by atoms with Crippen LogP contribution in [0.1, 0.15) is 15.9 Å². The predicted octanol–water partition coefficient (Wildman–Crippen LogP) is 1.26. The Balaban J connectivity index is 3.37. The molecule has 0 radical (unpaired) electrons. The van der Waals surface area contributed by atoms with Crippen molar-refractivity contribution in [2.24, 2.45) is 0 Å². The number of hydrogen-bond acceptors (Lipinski definition) is 5. The molecule has 1 rings (SSSR count). The van der Waals surface area contributed by atoms with Gasteiger partial charge in [0.15, 0.2) is 6.07 Å². The van der Waals surface area contributed by atoms with Gasteiger partial charge in [0.1, 0.15) is 0 Å². The molecule has 0 bridgehead atoms. The third kappa shape index (κ3) is 2.80. The number of nitrogens with zero attached hydrogens (tertiary/aromatic N) is 2. The van der Waals surface area contributed by atoms with Crippen LogP contribution in [0.3, 0.4) is 0 Å². The van der Waals surface area contributed by atoms with Crippen molar-refractivity contribution in [1.29, 1.82) is 5.26 Å². The topological polar surface area (TPSA) is 93.2 Å². The van der Waals surface area contributed by atoms with E-state index >= 15 is 0 Å². The average Bonchev–Trinajstić information content (AvgIpc) is 2.35. The second-order valence-electron chi connectivity index (χ2n) is 2.84. The number of methoxy groups -OCH3 is 1. The van der Waals surface area contributed by atoms with E-state index in [0.29, 0.717) is 0 Å². The van der Waals surface area contributed by atoms with Gasteiger partial charge in [-0.25, -0.2) is 4.79 Å². The summed E-state index contributed by atoms with van der Waals surface area (Å²) in [5, 5.41) is 18.9. The van der Waals surface area contributed by atoms with Crippen molar-refractivity contribution < 1.29 is 14.5 Å². The molecule has 17 heavy (non-hydrogen) atoms. The van der Waals surface area contributed by atoms with Gasteiger partial charge >= 0.3 is 5.97 Å². The van der Waals surface area contributed by atoms with Gasteiger partial charge in [0.05, 0.1) is 17.6 Å². The predicted molar refractivity (Wildman–Crippen MR) is 56.9 cm³/mol. The van der Waals surface area contributed by atoms with Crippen molar-refractivity contribution in [2.75, 3.05) is 7.11 Å². The maximum Gasteiger partial charge on any atom is 0.339 e. The summed E-state index contributed by atoms with van der Waals surface area (Å²) in [7, 11) is 1.16. The maximum atomic E-state index is 11.4. The molecule has 0 atom stereocenters. The summed E-state index contributed by atoms with van der Waals surface area (Å²) in [4.78, 5) is 21.3. The molecular formula is C11H6N2O4. The van der Waals surface area contributed by atoms with Crippen LogP contribution in [0.5, 0.6) is 0 Å². The number of hydrogen-bond donors (Lipinski definition) is 0. The van der Waals surface area contributed by atoms with Gasteiger partial charge in [-0.05, 0) is 12.0 Å². The Morgan fingerprint density at radius 2 is 2.24 bits per heavy atom. The summed E-state index contributed by atoms with van der Waals surface area (Å²) < 4.78 is 4.48. The van der Waals surface area contributed by atoms with Gasteiger partial charge in [-0.3, -0.25) is 10.1 Å². The van der Waals surface area contributed by atoms with E-state index in [9.17, 15) is 14.9 Å². The molecule has 0 N–H and O–H groups in total. The number of non-ortho nitro benzene ring substituents is 1. The van der Waals surface area contributed by atoms with Crippen LogP contribution in [-0.4, -0.2) is 18.0 Å². The van der Waals surface area contributed by atoms with Gasteiger partial charge in [-0.15, -0.1) is 0 Å². The zero-order chi connectivity index (χ0) is 12.8. The average molecular weight is 230 g/mol. The quantitative estimate of drug-likeness (QED) is 0.330. The molecule has 6 heteroatoms. The van der Waals surface area contributed by atoms with Crippen LogP contribution < -0.4 is 0 Å². The highest BCUT2D eigenvalue weighted by atomic mass is 16.6. The van der Waals surface area contributed by atoms with Crippen molar-refractivity contribution in [3.8, 4) is 17.9 Å². The van der Waals surface area contributed by atoms with E-state index in [4.69, 9.17) is 5.26 Å². The fourth-order valence-corrected chi connectivity index (χ4v) is 1.13. The minimum absolute atomic E-state index is 0.0375. The zero-order valence-electron chi connectivity index (χ0n) is 8.76. The van der Waals surface area contributed by atoms with Gasteiger partial charge in [0.25, 0.3) is 5.69 Å². The van der Waals surface area contributed by atoms with Gasteiger partial charge in [0, 0.05) is 23.6 Å². The number of ether oxygens (including phenoxy) is 1. The summed E-state index contributed by atoms with van der Waals surface area (Å²) in [5.74, 6) is 3.78. The van der Waals surface area contributed by atoms with E-state index in [1.54, 1.807) is 6.07 Å². The lowest BCUT2D eigenvalue weighted by molar-refractivity contribution is -0.384. The molecule has 0 aliphatic carbocycles. The second-order valence-corrected chi connectivity index (χ2v) is 2.84. The summed E-state index contributed by atoms with van der Waals surface area (Å²) in [5.41, 5.74) is -0.0682. The van der Waals surface area contributed by atoms with E-state index in [0.717, 1.165) is 13.2 Å². The second kappa shape index (κ2) is 5.29. The van der Waals surface area contributed by atoms with Gasteiger partial charge < -0.3 is 4.74 Å². The lowest BCUT2D eigenvalue weighted by Gasteiger charge is -2.01. The number of rotatable bonds is 2. The molecule has 0 saturated heterocycles. The molecule has 84 valence electrons. The Morgan fingerprint density at radius 3 is 2.76 bits per heavy atom. The normalized spacial score (nSPS) is 8.47. The third-order valence-corrected chi connectivity index (χ3v) is 1.87. The number of nitro benzene ring substituents is 1. The molecule has 6 nitrogen and oxygen atoms in total. The first-order valence-corrected chi connectivity index (χ1v) is 4.37. The van der Waals surface area contributed by atoms with Crippen molar-refractivity contribution in [1.82, 2.24) is 0 Å². The van der Waals surface area contributed by atoms with E-state index in [2.05, 4.69) is 16.6 Å². The molecule has 0 aromatic heterocycles. The molecule has 0 heterocycles. The monoisotopic (exact) mass is 230 g/mol. The molecule has 0 unspecified atom stereocenters. The number of nitriles is 1. The number of carbonyl (C=O) groups excluding carboxylic acids is 1. The van der Waals surface area contributed by atoms with Crippen LogP contribution in [-0.2, 0) is 4.74 Å². The van der Waals surface area contributed by atoms with E-state index in [1.807, 2.05) is 0 Å². The number of benzene rings is 1. The molecule has 0 aliphatic rings. The van der Waals surface area contributed by atoms with Gasteiger partial charge in [-0.1, -0.05) is 0 Å². The van der Waals surface area contributed by atoms with Crippen molar-refractivity contribution in [3.63, 3.8) is 0 Å². The molecule has 0 aliphatic heterocycles. The van der Waals surface area contributed by atoms with Crippen molar-refractivity contribution >= 4 is 11.7 Å². The number of carbonyl (C=O) groups is 1. The summed E-state index contributed by atoms with van der Waals surface area (Å²) in [6, 6.07) is 5.16. The highest BCUT2D eigenvalue weighted by Gasteiger charge is 2.16. The van der Waals surface area contributed by atoms with E-state index < -0.39 is 10.9 Å². The van der Waals surface area contributed by atoms with E-state index in [-0.39, 0.29) is 16.8 Å². The Bertz CT molecular complexity index is 575. The summed E-state index contributed by atoms with van der Waals surface area (Å²) in [6.07, 6.45) is 0. The Hall–Kier alpha value is -2.86. The lowest BCUT2D eigenvalue weighted by atomic mass is 10.1. The molecule has 0 saturated carbocycles. The Morgan fingerprint density at radius 1 is 1.53 bits per heavy atom. The molecule has 0 amide bonds.